The first kappa shape index (κ1) is 22.2. The van der Waals surface area contributed by atoms with E-state index in [0.717, 1.165) is 0 Å². The molecule has 2 atom stereocenters. The van der Waals surface area contributed by atoms with Gasteiger partial charge in [0.25, 0.3) is 0 Å². The minimum atomic E-state index is -0.938. The molecule has 2 aliphatic rings. The van der Waals surface area contributed by atoms with Gasteiger partial charge in [0.2, 0.25) is 0 Å². The normalized spacial score (nSPS) is 21.1. The van der Waals surface area contributed by atoms with Crippen LogP contribution in [-0.2, 0) is 4.74 Å². The summed E-state index contributed by atoms with van der Waals surface area (Å²) >= 11 is 0. The van der Waals surface area contributed by atoms with Gasteiger partial charge in [-0.3, -0.25) is 10.1 Å². The van der Waals surface area contributed by atoms with Crippen molar-refractivity contribution < 1.29 is 28.7 Å². The number of rotatable bonds is 5. The Kier molecular flexibility index (Phi) is 5.86. The number of aliphatic hydroxyl groups excluding tert-OH is 2. The largest absolute Gasteiger partial charge is 0.433 e. The first-order valence-electron chi connectivity index (χ1n) is 10.8. The number of hydrogen-bond donors (Lipinski definition) is 2. The van der Waals surface area contributed by atoms with Gasteiger partial charge in [0.1, 0.15) is 22.3 Å². The molecule has 4 heterocycles. The Labute approximate surface area is 192 Å². The standard InChI is InChI=1S/C22H22FN5O6/c23-15-10-16-14(9-17(15)26-5-7-33-8-6-26)22(27-11-18(29)19(30)12-27)25-20(24-16)3-1-13-2-4-21(34-13)28(31)32/h1-4,9-10,18-19,29-30H,5-8,11-12H2. The van der Waals surface area contributed by atoms with E-state index in [1.165, 1.54) is 30.4 Å². The van der Waals surface area contributed by atoms with Gasteiger partial charge in [0, 0.05) is 37.6 Å². The van der Waals surface area contributed by atoms with E-state index in [2.05, 4.69) is 9.97 Å². The summed E-state index contributed by atoms with van der Waals surface area (Å²) in [7, 11) is 0. The summed E-state index contributed by atoms with van der Waals surface area (Å²) in [5.41, 5.74) is 0.757. The molecule has 0 aliphatic carbocycles. The van der Waals surface area contributed by atoms with Crippen LogP contribution in [0, 0.1) is 15.9 Å². The Hall–Kier alpha value is -3.61. The number of fused-ring (bicyclic) bond motifs is 1. The quantitative estimate of drug-likeness (QED) is 0.418. The zero-order chi connectivity index (χ0) is 23.8. The van der Waals surface area contributed by atoms with Crippen molar-refractivity contribution >= 4 is 40.4 Å². The number of nitro groups is 1. The molecule has 3 aromatic rings. The molecule has 0 saturated carbocycles. The van der Waals surface area contributed by atoms with Gasteiger partial charge in [0.15, 0.2) is 5.82 Å². The number of benzene rings is 1. The van der Waals surface area contributed by atoms with Crippen molar-refractivity contribution in [2.45, 2.75) is 12.2 Å². The molecule has 178 valence electrons. The molecule has 5 rings (SSSR count). The molecule has 2 saturated heterocycles. The Morgan fingerprint density at radius 3 is 2.50 bits per heavy atom. The van der Waals surface area contributed by atoms with E-state index in [-0.39, 0.29) is 24.7 Å². The number of anilines is 2. The summed E-state index contributed by atoms with van der Waals surface area (Å²) in [6.45, 7) is 2.42. The molecule has 0 bridgehead atoms. The number of hydrogen-bond acceptors (Lipinski definition) is 10. The molecule has 2 unspecified atom stereocenters. The van der Waals surface area contributed by atoms with E-state index in [1.807, 2.05) is 4.90 Å². The lowest BCUT2D eigenvalue weighted by Gasteiger charge is -2.29. The van der Waals surface area contributed by atoms with Crippen LogP contribution in [0.3, 0.4) is 0 Å². The van der Waals surface area contributed by atoms with Crippen LogP contribution in [0.2, 0.25) is 0 Å². The molecule has 0 spiro atoms. The predicted octanol–water partition coefficient (Wildman–Crippen LogP) is 1.82. The summed E-state index contributed by atoms with van der Waals surface area (Å²) in [5, 5.41) is 31.6. The first-order valence-corrected chi connectivity index (χ1v) is 10.8. The number of aromatic nitrogens is 2. The third-order valence-electron chi connectivity index (χ3n) is 5.86. The van der Waals surface area contributed by atoms with Crippen LogP contribution in [0.25, 0.3) is 23.1 Å². The lowest BCUT2D eigenvalue weighted by molar-refractivity contribution is -0.402. The third kappa shape index (κ3) is 4.30. The molecule has 2 N–H and O–H groups in total. The molecular weight excluding hydrogens is 449 g/mol. The molecule has 11 nitrogen and oxygen atoms in total. The molecule has 1 aromatic carbocycles. The summed E-state index contributed by atoms with van der Waals surface area (Å²) in [5.74, 6) is 0.0728. The van der Waals surface area contributed by atoms with Gasteiger partial charge in [-0.2, -0.15) is 0 Å². The molecular formula is C22H22FN5O6. The molecule has 2 aromatic heterocycles. The molecule has 12 heteroatoms. The average molecular weight is 471 g/mol. The highest BCUT2D eigenvalue weighted by Crippen LogP contribution is 2.33. The monoisotopic (exact) mass is 471 g/mol. The SMILES string of the molecule is O=[N+]([O-])c1ccc(C=Cc2nc(N3CC(O)C(O)C3)c3cc(N4CCOCC4)c(F)cc3n2)o1. The van der Waals surface area contributed by atoms with Crippen molar-refractivity contribution in [3.63, 3.8) is 0 Å². The van der Waals surface area contributed by atoms with E-state index in [1.54, 1.807) is 11.0 Å². The van der Waals surface area contributed by atoms with Crippen molar-refractivity contribution in [1.82, 2.24) is 9.97 Å². The number of furan rings is 1. The Balaban J connectivity index is 1.57. The number of morpholine rings is 1. The van der Waals surface area contributed by atoms with Gasteiger partial charge in [-0.1, -0.05) is 0 Å². The second-order valence-electron chi connectivity index (χ2n) is 8.13. The zero-order valence-electron chi connectivity index (χ0n) is 18.0. The number of β-amino-alcohol motifs (C(OH)–C–C–N with tert-alkyl or cyclic N) is 2. The Morgan fingerprint density at radius 1 is 1.09 bits per heavy atom. The van der Waals surface area contributed by atoms with Crippen LogP contribution < -0.4 is 9.80 Å². The van der Waals surface area contributed by atoms with Crippen LogP contribution >= 0.6 is 0 Å². The maximum Gasteiger partial charge on any atom is 0.433 e. The van der Waals surface area contributed by atoms with Gasteiger partial charge in [-0.05, 0) is 24.3 Å². The van der Waals surface area contributed by atoms with E-state index in [4.69, 9.17) is 9.15 Å². The minimum absolute atomic E-state index is 0.158. The Morgan fingerprint density at radius 2 is 1.82 bits per heavy atom. The minimum Gasteiger partial charge on any atom is -0.401 e. The van der Waals surface area contributed by atoms with Gasteiger partial charge in [-0.15, -0.1) is 0 Å². The smallest absolute Gasteiger partial charge is 0.401 e. The highest BCUT2D eigenvalue weighted by molar-refractivity contribution is 5.93. The first-order chi connectivity index (χ1) is 16.4. The van der Waals surface area contributed by atoms with Crippen LogP contribution in [0.5, 0.6) is 0 Å². The van der Waals surface area contributed by atoms with Gasteiger partial charge >= 0.3 is 5.88 Å². The number of halogens is 1. The molecule has 0 amide bonds. The van der Waals surface area contributed by atoms with Crippen LogP contribution in [0.1, 0.15) is 11.6 Å². The van der Waals surface area contributed by atoms with Crippen LogP contribution in [0.4, 0.5) is 21.8 Å². The lowest BCUT2D eigenvalue weighted by Crippen LogP contribution is -2.36. The lowest BCUT2D eigenvalue weighted by atomic mass is 10.1. The number of nitrogens with zero attached hydrogens (tertiary/aromatic N) is 5. The van der Waals surface area contributed by atoms with Gasteiger partial charge in [-0.25, -0.2) is 14.4 Å². The second-order valence-corrected chi connectivity index (χ2v) is 8.13. The van der Waals surface area contributed by atoms with E-state index >= 15 is 4.39 Å². The topological polar surface area (TPSA) is 138 Å². The predicted molar refractivity (Wildman–Crippen MR) is 121 cm³/mol. The fourth-order valence-electron chi connectivity index (χ4n) is 4.13. The number of aliphatic hydroxyl groups is 2. The van der Waals surface area contributed by atoms with Gasteiger partial charge in [0.05, 0.1) is 42.7 Å². The van der Waals surface area contributed by atoms with Crippen molar-refractivity contribution in [2.24, 2.45) is 0 Å². The molecule has 0 radical (unpaired) electrons. The van der Waals surface area contributed by atoms with Crippen molar-refractivity contribution in [3.05, 3.63) is 51.8 Å². The zero-order valence-corrected chi connectivity index (χ0v) is 18.0. The fourth-order valence-corrected chi connectivity index (χ4v) is 4.13. The van der Waals surface area contributed by atoms with E-state index in [0.29, 0.717) is 48.7 Å². The molecule has 34 heavy (non-hydrogen) atoms. The molecule has 2 fully saturated rings. The summed E-state index contributed by atoms with van der Waals surface area (Å²) in [6.07, 6.45) is 1.10. The molecule has 2 aliphatic heterocycles. The van der Waals surface area contributed by atoms with E-state index < -0.39 is 28.8 Å². The van der Waals surface area contributed by atoms with Crippen LogP contribution in [-0.4, -0.2) is 76.7 Å². The van der Waals surface area contributed by atoms with Crippen molar-refractivity contribution in [3.8, 4) is 0 Å². The fraction of sp³-hybridized carbons (Fsp3) is 0.364. The maximum absolute atomic E-state index is 15.1. The maximum atomic E-state index is 15.1. The third-order valence-corrected chi connectivity index (χ3v) is 5.86. The van der Waals surface area contributed by atoms with Gasteiger partial charge < -0.3 is 29.2 Å². The van der Waals surface area contributed by atoms with E-state index in [9.17, 15) is 20.3 Å². The van der Waals surface area contributed by atoms with Crippen LogP contribution in [0.15, 0.2) is 28.7 Å². The van der Waals surface area contributed by atoms with Crippen molar-refractivity contribution in [1.29, 1.82) is 0 Å². The summed E-state index contributed by atoms with van der Waals surface area (Å²) < 4.78 is 25.6. The summed E-state index contributed by atoms with van der Waals surface area (Å²) in [6, 6.07) is 5.70. The Bertz CT molecular complexity index is 1250. The average Bonchev–Trinajstić information content (AvgIpc) is 3.44. The highest BCUT2D eigenvalue weighted by Gasteiger charge is 2.32. The van der Waals surface area contributed by atoms with Crippen molar-refractivity contribution in [2.75, 3.05) is 49.2 Å². The number of ether oxygens (including phenoxy) is 1. The highest BCUT2D eigenvalue weighted by atomic mass is 19.1. The summed E-state index contributed by atoms with van der Waals surface area (Å²) in [4.78, 5) is 22.8. The second kappa shape index (κ2) is 8.97.